The molecule has 4 atom stereocenters. The molecule has 1 aromatic rings. The van der Waals surface area contributed by atoms with E-state index < -0.39 is 51.9 Å². The van der Waals surface area contributed by atoms with Crippen LogP contribution in [0.25, 0.3) is 0 Å². The van der Waals surface area contributed by atoms with E-state index in [2.05, 4.69) is 5.32 Å². The maximum absolute atomic E-state index is 13.0. The number of rotatable bonds is 7. The van der Waals surface area contributed by atoms with Crippen molar-refractivity contribution in [3.8, 4) is 0 Å². The van der Waals surface area contributed by atoms with E-state index in [1.165, 1.54) is 28.6 Å². The molecule has 2 aliphatic heterocycles. The van der Waals surface area contributed by atoms with Crippen LogP contribution in [0.3, 0.4) is 0 Å². The topological polar surface area (TPSA) is 130 Å². The van der Waals surface area contributed by atoms with Crippen LogP contribution in [0.15, 0.2) is 30.3 Å². The van der Waals surface area contributed by atoms with Crippen molar-refractivity contribution in [3.05, 3.63) is 35.9 Å². The maximum atomic E-state index is 13.0. The molecule has 0 saturated carbocycles. The second-order valence-electron chi connectivity index (χ2n) is 7.90. The van der Waals surface area contributed by atoms with E-state index in [1.54, 1.807) is 38.1 Å². The Morgan fingerprint density at radius 2 is 1.90 bits per heavy atom. The summed E-state index contributed by atoms with van der Waals surface area (Å²) in [5.74, 6) is -4.22. The smallest absolute Gasteiger partial charge is 0.548 e. The Labute approximate surface area is 206 Å². The number of β-lactam (4-membered cyclic amide) rings is 1. The minimum absolute atomic E-state index is 0. The molecule has 2 aliphatic rings. The number of carbonyl (C=O) groups is 4. The van der Waals surface area contributed by atoms with Crippen LogP contribution >= 0.6 is 11.8 Å². The number of likely N-dealkylation sites (N-methyl/N-ethyl adjacent to an activating group) is 1. The number of thioether (sulfide) groups is 1. The zero-order chi connectivity index (χ0) is 22.2. The van der Waals surface area contributed by atoms with Crippen molar-refractivity contribution in [3.63, 3.8) is 0 Å². The van der Waals surface area contributed by atoms with Gasteiger partial charge in [-0.3, -0.25) is 14.4 Å². The first kappa shape index (κ1) is 25.7. The Bertz CT molecular complexity index is 868. The molecule has 11 heteroatoms. The number of carboxylic acid groups (broad SMARTS) is 1. The number of hydrogen-bond donors (Lipinski definition) is 2. The Kier molecular flexibility index (Phi) is 8.21. The molecule has 2 saturated heterocycles. The first-order valence-electron chi connectivity index (χ1n) is 9.50. The molecule has 0 radical (unpaired) electrons. The van der Waals surface area contributed by atoms with E-state index in [4.69, 9.17) is 0 Å². The van der Waals surface area contributed by atoms with Crippen molar-refractivity contribution in [1.82, 2.24) is 15.1 Å². The standard InChI is InChI=1S/C20H25N3O6S.Na/c1-20(2)15(19(28)29)23-16(26)13(18(23)30-20)14(25)17(27)22(10-12(24)21-3)9-11-7-5-4-6-8-11;/h4-8,13-15,18,25H,9-10H2,1-3H3,(H,21,24)(H,28,29);/q;+1/p-1/t13-,14+,15+,18-;/m1./s1. The van der Waals surface area contributed by atoms with Gasteiger partial charge in [0.15, 0.2) is 0 Å². The van der Waals surface area contributed by atoms with Crippen molar-refractivity contribution < 1.29 is 58.9 Å². The quantitative estimate of drug-likeness (QED) is 0.312. The molecular formula is C20H24N3NaO6S. The zero-order valence-corrected chi connectivity index (χ0v) is 20.7. The second kappa shape index (κ2) is 9.91. The van der Waals surface area contributed by atoms with E-state index in [0.717, 1.165) is 5.56 Å². The van der Waals surface area contributed by atoms with Crippen LogP contribution in [-0.2, 0) is 25.7 Å². The SMILES string of the molecule is CNC(=O)CN(Cc1ccccc1)C(=O)[C@@H](O)[C@@H]1C(=O)N2[C@@H]1SC(C)(C)[C@@H]2C(=O)[O-].[Na+]. The summed E-state index contributed by atoms with van der Waals surface area (Å²) in [6.45, 7) is 3.17. The average Bonchev–Trinajstić information content (AvgIpc) is 2.95. The molecule has 2 N–H and O–H groups in total. The fraction of sp³-hybridized carbons (Fsp3) is 0.500. The summed E-state index contributed by atoms with van der Waals surface area (Å²) in [6.07, 6.45) is -1.68. The first-order valence-corrected chi connectivity index (χ1v) is 10.4. The molecule has 3 rings (SSSR count). The van der Waals surface area contributed by atoms with Gasteiger partial charge in [0.05, 0.1) is 23.9 Å². The van der Waals surface area contributed by atoms with Gasteiger partial charge >= 0.3 is 29.6 Å². The first-order chi connectivity index (χ1) is 14.1. The van der Waals surface area contributed by atoms with Gasteiger partial charge in [-0.1, -0.05) is 30.3 Å². The third-order valence-electron chi connectivity index (χ3n) is 5.44. The Balaban J connectivity index is 0.00000341. The van der Waals surface area contributed by atoms with Crippen molar-refractivity contribution in [2.24, 2.45) is 5.92 Å². The molecule has 0 aromatic heterocycles. The van der Waals surface area contributed by atoms with Gasteiger partial charge < -0.3 is 30.1 Å². The molecule has 0 bridgehead atoms. The molecule has 3 amide bonds. The Morgan fingerprint density at radius 3 is 2.45 bits per heavy atom. The van der Waals surface area contributed by atoms with E-state index in [-0.39, 0.29) is 42.6 Å². The van der Waals surface area contributed by atoms with Crippen LogP contribution in [0.2, 0.25) is 0 Å². The summed E-state index contributed by atoms with van der Waals surface area (Å²) in [4.78, 5) is 51.5. The number of carbonyl (C=O) groups excluding carboxylic acids is 4. The number of aliphatic hydroxyl groups excluding tert-OH is 1. The molecule has 0 aliphatic carbocycles. The largest absolute Gasteiger partial charge is 1.00 e. The summed E-state index contributed by atoms with van der Waals surface area (Å²) in [5.41, 5.74) is 0.761. The fourth-order valence-electron chi connectivity index (χ4n) is 3.92. The molecule has 31 heavy (non-hydrogen) atoms. The summed E-state index contributed by atoms with van der Waals surface area (Å²) in [5, 5.41) is 24.1. The number of aliphatic carboxylic acids is 1. The maximum Gasteiger partial charge on any atom is 1.00 e. The monoisotopic (exact) mass is 457 g/mol. The van der Waals surface area contributed by atoms with Crippen LogP contribution in [-0.4, -0.2) is 74.5 Å². The molecule has 162 valence electrons. The minimum Gasteiger partial charge on any atom is -0.548 e. The van der Waals surface area contributed by atoms with E-state index >= 15 is 0 Å². The number of nitrogens with zero attached hydrogens (tertiary/aromatic N) is 2. The molecule has 2 fully saturated rings. The van der Waals surface area contributed by atoms with E-state index in [0.29, 0.717) is 0 Å². The van der Waals surface area contributed by atoms with Crippen molar-refractivity contribution >= 4 is 35.5 Å². The number of fused-ring (bicyclic) bond motifs is 1. The Hall–Kier alpha value is -1.59. The van der Waals surface area contributed by atoms with Crippen LogP contribution in [0.5, 0.6) is 0 Å². The van der Waals surface area contributed by atoms with Gasteiger partial charge in [-0.25, -0.2) is 0 Å². The predicted octanol–water partition coefficient (Wildman–Crippen LogP) is -4.45. The van der Waals surface area contributed by atoms with Gasteiger partial charge in [-0.15, -0.1) is 11.8 Å². The van der Waals surface area contributed by atoms with Crippen LogP contribution in [0.4, 0.5) is 0 Å². The summed E-state index contributed by atoms with van der Waals surface area (Å²) in [7, 11) is 1.44. The molecule has 0 unspecified atom stereocenters. The summed E-state index contributed by atoms with van der Waals surface area (Å²) < 4.78 is -0.817. The number of nitrogens with one attached hydrogen (secondary N) is 1. The number of carboxylic acids is 1. The summed E-state index contributed by atoms with van der Waals surface area (Å²) in [6, 6.07) is 7.83. The zero-order valence-electron chi connectivity index (χ0n) is 17.9. The van der Waals surface area contributed by atoms with Crippen LogP contribution in [0, 0.1) is 5.92 Å². The molecule has 2 heterocycles. The van der Waals surface area contributed by atoms with Gasteiger partial charge in [-0.05, 0) is 19.4 Å². The molecule has 0 spiro atoms. The number of amides is 3. The average molecular weight is 457 g/mol. The normalized spacial score (nSPS) is 24.3. The van der Waals surface area contributed by atoms with Gasteiger partial charge in [0, 0.05) is 18.3 Å². The predicted molar refractivity (Wildman–Crippen MR) is 107 cm³/mol. The third kappa shape index (κ3) is 4.93. The van der Waals surface area contributed by atoms with Crippen LogP contribution in [0.1, 0.15) is 19.4 Å². The van der Waals surface area contributed by atoms with Gasteiger partial charge in [0.1, 0.15) is 12.0 Å². The summed E-state index contributed by atoms with van der Waals surface area (Å²) >= 11 is 1.22. The number of benzene rings is 1. The molecule has 1 aromatic carbocycles. The Morgan fingerprint density at radius 1 is 1.29 bits per heavy atom. The van der Waals surface area contributed by atoms with Crippen molar-refractivity contribution in [2.75, 3.05) is 13.6 Å². The van der Waals surface area contributed by atoms with Crippen molar-refractivity contribution in [2.45, 2.75) is 42.7 Å². The van der Waals surface area contributed by atoms with Crippen molar-refractivity contribution in [1.29, 1.82) is 0 Å². The van der Waals surface area contributed by atoms with Gasteiger partial charge in [0.25, 0.3) is 5.91 Å². The van der Waals surface area contributed by atoms with Crippen LogP contribution < -0.4 is 40.0 Å². The third-order valence-corrected chi connectivity index (χ3v) is 7.03. The van der Waals surface area contributed by atoms with E-state index in [9.17, 15) is 29.4 Å². The minimum atomic E-state index is -1.68. The van der Waals surface area contributed by atoms with Gasteiger partial charge in [-0.2, -0.15) is 0 Å². The van der Waals surface area contributed by atoms with Gasteiger partial charge in [0.2, 0.25) is 11.8 Å². The van der Waals surface area contributed by atoms with E-state index in [1.807, 2.05) is 6.07 Å². The molecule has 9 nitrogen and oxygen atoms in total. The number of hydrogen-bond acceptors (Lipinski definition) is 7. The second-order valence-corrected chi connectivity index (χ2v) is 9.67. The fourth-order valence-corrected chi connectivity index (χ4v) is 5.63. The number of aliphatic hydroxyl groups is 1. The molecular weight excluding hydrogens is 433 g/mol.